The molecule has 4 bridgehead atoms. The highest BCUT2D eigenvalue weighted by Crippen LogP contribution is 2.34. The number of nitrogens with zero attached hydrogens (tertiary/aromatic N) is 3. The van der Waals surface area contributed by atoms with Crippen molar-refractivity contribution in [2.45, 2.75) is 18.6 Å². The molecule has 1 aliphatic rings. The summed E-state index contributed by atoms with van der Waals surface area (Å²) in [6, 6.07) is 9.04. The molecule has 1 aliphatic heterocycles. The summed E-state index contributed by atoms with van der Waals surface area (Å²) >= 11 is 0. The summed E-state index contributed by atoms with van der Waals surface area (Å²) in [7, 11) is -2.05. The van der Waals surface area contributed by atoms with Crippen molar-refractivity contribution >= 4 is 21.3 Å². The zero-order chi connectivity index (χ0) is 24.8. The third kappa shape index (κ3) is 6.64. The van der Waals surface area contributed by atoms with Gasteiger partial charge in [-0.25, -0.2) is 13.8 Å². The summed E-state index contributed by atoms with van der Waals surface area (Å²) < 4.78 is 53.2. The van der Waals surface area contributed by atoms with Crippen LogP contribution in [0, 0.1) is 16.4 Å². The molecule has 3 aromatic rings. The Bertz CT molecular complexity index is 1330. The summed E-state index contributed by atoms with van der Waals surface area (Å²) in [6.45, 7) is 0.999. The highest BCUT2D eigenvalue weighted by molar-refractivity contribution is 7.93. The van der Waals surface area contributed by atoms with E-state index in [9.17, 15) is 8.78 Å². The monoisotopic (exact) mass is 503 g/mol. The summed E-state index contributed by atoms with van der Waals surface area (Å²) in [6.07, 6.45) is 3.89. The fourth-order valence-corrected chi connectivity index (χ4v) is 5.03. The van der Waals surface area contributed by atoms with Crippen molar-refractivity contribution in [2.75, 3.05) is 37.9 Å². The van der Waals surface area contributed by atoms with Crippen LogP contribution >= 0.6 is 0 Å². The molecule has 8 nitrogen and oxygen atoms in total. The van der Waals surface area contributed by atoms with Gasteiger partial charge in [-0.2, -0.15) is 4.98 Å². The lowest BCUT2D eigenvalue weighted by Gasteiger charge is -2.16. The first-order valence-corrected chi connectivity index (χ1v) is 13.3. The standard InChI is InChI=1S/C24H27F2N5O3S/c1-35(27,29-6-2-7-32)15-16-10-23-30-22-13-19(20(26)14-28-22)18-5-4-17(25)12-21(18)33-8-3-9-34-24(11-16)31-23/h4-5,10-14,27,32H,2-3,6-9,15H2,1H3,(H,28,30,31). The van der Waals surface area contributed by atoms with Gasteiger partial charge in [-0.05, 0) is 36.2 Å². The van der Waals surface area contributed by atoms with Crippen molar-refractivity contribution in [1.82, 2.24) is 9.97 Å². The number of aliphatic hydroxyl groups is 1. The SMILES string of the molecule is CS(=N)(Cc1cc2nc(c1)OCCCOc1cc(F)ccc1-c1cc(ncc1F)N2)=NCCCO. The van der Waals surface area contributed by atoms with Crippen LogP contribution in [0.4, 0.5) is 20.4 Å². The third-order valence-electron chi connectivity index (χ3n) is 5.14. The number of hydrogen-bond acceptors (Lipinski definition) is 8. The molecule has 3 heterocycles. The second kappa shape index (κ2) is 11.0. The van der Waals surface area contributed by atoms with Crippen LogP contribution in [0.25, 0.3) is 11.1 Å². The van der Waals surface area contributed by atoms with E-state index in [2.05, 4.69) is 19.6 Å². The molecule has 1 unspecified atom stereocenters. The van der Waals surface area contributed by atoms with Gasteiger partial charge in [0.15, 0.2) is 0 Å². The molecule has 2 aromatic heterocycles. The number of hydrogen-bond donors (Lipinski definition) is 3. The predicted molar refractivity (Wildman–Crippen MR) is 131 cm³/mol. The van der Waals surface area contributed by atoms with Gasteiger partial charge in [0, 0.05) is 54.8 Å². The van der Waals surface area contributed by atoms with Crippen LogP contribution in [0.5, 0.6) is 11.6 Å². The highest BCUT2D eigenvalue weighted by atomic mass is 32.2. The van der Waals surface area contributed by atoms with E-state index in [1.165, 1.54) is 24.3 Å². The molecule has 0 amide bonds. The Labute approximate surface area is 203 Å². The van der Waals surface area contributed by atoms with Gasteiger partial charge in [0.2, 0.25) is 5.88 Å². The maximum atomic E-state index is 14.7. The minimum Gasteiger partial charge on any atom is -0.493 e. The van der Waals surface area contributed by atoms with Crippen molar-refractivity contribution in [3.05, 3.63) is 59.8 Å². The molecule has 0 saturated carbocycles. The molecule has 3 N–H and O–H groups in total. The van der Waals surface area contributed by atoms with E-state index in [0.717, 1.165) is 11.8 Å². The van der Waals surface area contributed by atoms with E-state index in [4.69, 9.17) is 19.4 Å². The van der Waals surface area contributed by atoms with Gasteiger partial charge in [0.1, 0.15) is 29.0 Å². The molecule has 0 spiro atoms. The second-order valence-corrected chi connectivity index (χ2v) is 10.8. The summed E-state index contributed by atoms with van der Waals surface area (Å²) in [5, 5.41) is 12.1. The van der Waals surface area contributed by atoms with Gasteiger partial charge in [-0.3, -0.25) is 9.14 Å². The number of aromatic nitrogens is 2. The van der Waals surface area contributed by atoms with Crippen molar-refractivity contribution < 1.29 is 23.4 Å². The van der Waals surface area contributed by atoms with E-state index in [-0.39, 0.29) is 24.5 Å². The number of anilines is 2. The normalized spacial score (nSPS) is 14.9. The first kappa shape index (κ1) is 24.8. The van der Waals surface area contributed by atoms with E-state index in [1.54, 1.807) is 18.4 Å². The van der Waals surface area contributed by atoms with Crippen LogP contribution < -0.4 is 14.8 Å². The second-order valence-electron chi connectivity index (χ2n) is 8.18. The third-order valence-corrected chi connectivity index (χ3v) is 6.79. The molecule has 186 valence electrons. The molecule has 1 atom stereocenters. The summed E-state index contributed by atoms with van der Waals surface area (Å²) in [4.78, 5) is 8.61. The lowest BCUT2D eigenvalue weighted by atomic mass is 10.0. The van der Waals surface area contributed by atoms with Crippen molar-refractivity contribution in [3.8, 4) is 22.8 Å². The molecule has 0 aliphatic carbocycles. The number of nitrogens with one attached hydrogen (secondary N) is 2. The first-order valence-electron chi connectivity index (χ1n) is 11.1. The minimum atomic E-state index is -2.05. The molecule has 1 aromatic carbocycles. The van der Waals surface area contributed by atoms with Gasteiger partial charge < -0.3 is 19.9 Å². The summed E-state index contributed by atoms with van der Waals surface area (Å²) in [5.74, 6) is 0.700. The molecule has 35 heavy (non-hydrogen) atoms. The average Bonchev–Trinajstić information content (AvgIpc) is 2.80. The van der Waals surface area contributed by atoms with Crippen molar-refractivity contribution in [1.29, 1.82) is 4.78 Å². The molecule has 0 fully saturated rings. The van der Waals surface area contributed by atoms with E-state index in [1.807, 2.05) is 0 Å². The Morgan fingerprint density at radius 1 is 1.11 bits per heavy atom. The van der Waals surface area contributed by atoms with Gasteiger partial charge in [-0.1, -0.05) is 9.62 Å². The predicted octanol–water partition coefficient (Wildman–Crippen LogP) is 4.94. The Hall–Kier alpha value is -3.31. The number of ether oxygens (including phenoxy) is 2. The fourth-order valence-electron chi connectivity index (χ4n) is 3.59. The number of rotatable bonds is 5. The Kier molecular flexibility index (Phi) is 7.76. The minimum absolute atomic E-state index is 0.0378. The van der Waals surface area contributed by atoms with Crippen LogP contribution in [0.3, 0.4) is 0 Å². The quantitative estimate of drug-likeness (QED) is 0.425. The van der Waals surface area contributed by atoms with Crippen LogP contribution in [-0.4, -0.2) is 47.7 Å². The number of fused-ring (bicyclic) bond motifs is 6. The van der Waals surface area contributed by atoms with Crippen LogP contribution in [0.1, 0.15) is 18.4 Å². The number of halogens is 2. The Balaban J connectivity index is 1.72. The van der Waals surface area contributed by atoms with Crippen molar-refractivity contribution in [2.24, 2.45) is 4.36 Å². The zero-order valence-electron chi connectivity index (χ0n) is 19.3. The van der Waals surface area contributed by atoms with E-state index in [0.29, 0.717) is 54.8 Å². The molecule has 4 rings (SSSR count). The van der Waals surface area contributed by atoms with Gasteiger partial charge in [-0.15, -0.1) is 0 Å². The fraction of sp³-hybridized carbons (Fsp3) is 0.333. The van der Waals surface area contributed by atoms with Gasteiger partial charge >= 0.3 is 0 Å². The molecule has 0 saturated heterocycles. The average molecular weight is 504 g/mol. The molecular weight excluding hydrogens is 476 g/mol. The Morgan fingerprint density at radius 2 is 1.94 bits per heavy atom. The smallest absolute Gasteiger partial charge is 0.215 e. The largest absolute Gasteiger partial charge is 0.493 e. The van der Waals surface area contributed by atoms with Crippen molar-refractivity contribution in [3.63, 3.8) is 0 Å². The Morgan fingerprint density at radius 3 is 2.77 bits per heavy atom. The first-order chi connectivity index (χ1) is 16.8. The van der Waals surface area contributed by atoms with E-state index >= 15 is 0 Å². The van der Waals surface area contributed by atoms with Crippen LogP contribution in [0.15, 0.2) is 47.0 Å². The van der Waals surface area contributed by atoms with E-state index < -0.39 is 21.3 Å². The van der Waals surface area contributed by atoms with Gasteiger partial charge in [0.05, 0.1) is 19.4 Å². The molecular formula is C24H27F2N5O3S. The zero-order valence-corrected chi connectivity index (χ0v) is 20.1. The maximum absolute atomic E-state index is 14.7. The van der Waals surface area contributed by atoms with Crippen LogP contribution in [0.2, 0.25) is 0 Å². The van der Waals surface area contributed by atoms with Crippen LogP contribution in [-0.2, 0) is 15.4 Å². The molecule has 11 heteroatoms. The summed E-state index contributed by atoms with van der Waals surface area (Å²) in [5.41, 5.74) is 1.44. The number of pyridine rings is 2. The highest BCUT2D eigenvalue weighted by Gasteiger charge is 2.16. The molecule has 0 radical (unpaired) electrons. The lowest BCUT2D eigenvalue weighted by Crippen LogP contribution is -2.09. The maximum Gasteiger partial charge on any atom is 0.215 e. The van der Waals surface area contributed by atoms with Gasteiger partial charge in [0.25, 0.3) is 0 Å². The topological polar surface area (TPSA) is 113 Å². The number of aliphatic hydroxyl groups excluding tert-OH is 1. The lowest BCUT2D eigenvalue weighted by molar-refractivity contribution is 0.242. The number of benzene rings is 1.